The van der Waals surface area contributed by atoms with Gasteiger partial charge in [0.25, 0.3) is 5.91 Å². The van der Waals surface area contributed by atoms with E-state index in [1.54, 1.807) is 11.3 Å². The van der Waals surface area contributed by atoms with Crippen LogP contribution >= 0.6 is 11.3 Å². The van der Waals surface area contributed by atoms with Crippen molar-refractivity contribution < 1.29 is 9.59 Å². The van der Waals surface area contributed by atoms with Crippen molar-refractivity contribution in [2.24, 2.45) is 11.8 Å². The Hall–Kier alpha value is -3.49. The molecule has 0 spiro atoms. The molecule has 0 aliphatic heterocycles. The number of carbonyl (C=O) groups excluding carboxylic acids is 2. The molecule has 0 radical (unpaired) electrons. The zero-order valence-corrected chi connectivity index (χ0v) is 30.1. The van der Waals surface area contributed by atoms with E-state index in [4.69, 9.17) is 4.98 Å². The second-order valence-corrected chi connectivity index (χ2v) is 14.5. The lowest BCUT2D eigenvalue weighted by atomic mass is 9.98. The molecule has 254 valence electrons. The molecule has 47 heavy (non-hydrogen) atoms. The quantitative estimate of drug-likeness (QED) is 0.101. The molecule has 8 heteroatoms. The summed E-state index contributed by atoms with van der Waals surface area (Å²) < 4.78 is 2.36. The van der Waals surface area contributed by atoms with Gasteiger partial charge in [-0.3, -0.25) is 9.59 Å². The van der Waals surface area contributed by atoms with Crippen molar-refractivity contribution in [2.45, 2.75) is 91.6 Å². The van der Waals surface area contributed by atoms with Crippen molar-refractivity contribution >= 4 is 34.2 Å². The van der Waals surface area contributed by atoms with Gasteiger partial charge in [0.2, 0.25) is 5.91 Å². The molecule has 4 aromatic rings. The molecule has 0 bridgehead atoms. The molecule has 4 rings (SSSR count). The first kappa shape index (κ1) is 36.3. The van der Waals surface area contributed by atoms with E-state index in [0.29, 0.717) is 30.5 Å². The molecule has 2 aromatic heterocycles. The number of nitrogens with one attached hydrogen (secondary N) is 2. The average molecular weight is 658 g/mol. The van der Waals surface area contributed by atoms with E-state index in [1.165, 1.54) is 10.4 Å². The highest BCUT2D eigenvalue weighted by molar-refractivity contribution is 7.09. The largest absolute Gasteiger partial charge is 0.354 e. The molecule has 2 amide bonds. The average Bonchev–Trinajstić information content (AvgIpc) is 3.70. The van der Waals surface area contributed by atoms with E-state index in [0.717, 1.165) is 68.5 Å². The topological polar surface area (TPSA) is 79.3 Å². The number of amides is 2. The lowest BCUT2D eigenvalue weighted by molar-refractivity contribution is -0.123. The van der Waals surface area contributed by atoms with E-state index >= 15 is 0 Å². The lowest BCUT2D eigenvalue weighted by Crippen LogP contribution is -2.47. The van der Waals surface area contributed by atoms with Crippen LogP contribution in [0.25, 0.3) is 11.0 Å². The summed E-state index contributed by atoms with van der Waals surface area (Å²) in [5, 5.41) is 8.23. The molecule has 1 unspecified atom stereocenters. The van der Waals surface area contributed by atoms with E-state index in [1.807, 2.05) is 18.2 Å². The Morgan fingerprint density at radius 3 is 2.43 bits per heavy atom. The van der Waals surface area contributed by atoms with Gasteiger partial charge in [-0.25, -0.2) is 4.98 Å². The summed E-state index contributed by atoms with van der Waals surface area (Å²) in [5.74, 6) is 1.54. The summed E-state index contributed by atoms with van der Waals surface area (Å²) >= 11 is 1.74. The normalized spacial score (nSPS) is 13.0. The van der Waals surface area contributed by atoms with Gasteiger partial charge in [0.15, 0.2) is 0 Å². The highest BCUT2D eigenvalue weighted by Crippen LogP contribution is 2.28. The number of benzene rings is 2. The molecule has 2 N–H and O–H groups in total. The van der Waals surface area contributed by atoms with Crippen LogP contribution < -0.4 is 10.6 Å². The molecule has 2 aromatic carbocycles. The summed E-state index contributed by atoms with van der Waals surface area (Å²) in [5.41, 5.74) is 3.79. The number of fused-ring (bicyclic) bond motifs is 1. The standard InChI is InChI=1S/C39H55N5O2S/c1-7-32(8-2)44-36-18-17-31(26-34(36)41-37(44)27-33-16-12-23-47-33)38(45)42-35(24-28(3)4)39(46)40-20-13-21-43(6)22-19-29(5)25-30-14-10-9-11-15-30/h9-12,14-18,23,26,28-29,32,35H,7-8,13,19-22,24-25,27H2,1-6H3,(H,40,46)(H,42,45)/t29?,35-/m0/s1. The Kier molecular flexibility index (Phi) is 14.0. The van der Waals surface area contributed by atoms with E-state index < -0.39 is 6.04 Å². The third kappa shape index (κ3) is 10.8. The second kappa shape index (κ2) is 18.2. The van der Waals surface area contributed by atoms with Gasteiger partial charge >= 0.3 is 0 Å². The maximum absolute atomic E-state index is 13.5. The summed E-state index contributed by atoms with van der Waals surface area (Å²) in [6, 6.07) is 20.4. The summed E-state index contributed by atoms with van der Waals surface area (Å²) in [7, 11) is 2.15. The Balaban J connectivity index is 1.32. The first-order valence-electron chi connectivity index (χ1n) is 17.5. The predicted molar refractivity (Wildman–Crippen MR) is 196 cm³/mol. The minimum Gasteiger partial charge on any atom is -0.354 e. The molecule has 2 atom stereocenters. The molecular formula is C39H55N5O2S. The van der Waals surface area contributed by atoms with Gasteiger partial charge in [-0.05, 0) is 106 Å². The van der Waals surface area contributed by atoms with E-state index in [-0.39, 0.29) is 17.7 Å². The Morgan fingerprint density at radius 2 is 1.74 bits per heavy atom. The van der Waals surface area contributed by atoms with Crippen molar-refractivity contribution in [3.8, 4) is 0 Å². The molecule has 0 aliphatic carbocycles. The number of carbonyl (C=O) groups is 2. The molecule has 0 aliphatic rings. The zero-order chi connectivity index (χ0) is 33.8. The van der Waals surface area contributed by atoms with Crippen LogP contribution in [-0.4, -0.2) is 59.0 Å². The summed E-state index contributed by atoms with van der Waals surface area (Å²) in [4.78, 5) is 35.4. The first-order valence-corrected chi connectivity index (χ1v) is 18.4. The van der Waals surface area contributed by atoms with Crippen LogP contribution in [0, 0.1) is 11.8 Å². The molecular weight excluding hydrogens is 603 g/mol. The van der Waals surface area contributed by atoms with Crippen molar-refractivity contribution in [3.05, 3.63) is 87.9 Å². The monoisotopic (exact) mass is 657 g/mol. The van der Waals surface area contributed by atoms with Gasteiger partial charge in [-0.15, -0.1) is 11.3 Å². The van der Waals surface area contributed by atoms with E-state index in [2.05, 4.69) is 110 Å². The van der Waals surface area contributed by atoms with Crippen LogP contribution in [0.5, 0.6) is 0 Å². The minimum atomic E-state index is -0.591. The number of imidazole rings is 1. The van der Waals surface area contributed by atoms with Gasteiger partial charge in [0.05, 0.1) is 11.0 Å². The smallest absolute Gasteiger partial charge is 0.252 e. The third-order valence-electron chi connectivity index (χ3n) is 9.02. The Bertz CT molecular complexity index is 1530. The van der Waals surface area contributed by atoms with Crippen molar-refractivity contribution in [1.82, 2.24) is 25.1 Å². The van der Waals surface area contributed by atoms with Crippen molar-refractivity contribution in [2.75, 3.05) is 26.7 Å². The molecule has 0 saturated heterocycles. The van der Waals surface area contributed by atoms with Crippen molar-refractivity contribution in [3.63, 3.8) is 0 Å². The first-order chi connectivity index (χ1) is 22.7. The number of rotatable bonds is 19. The van der Waals surface area contributed by atoms with Crippen LogP contribution in [-0.2, 0) is 17.6 Å². The highest BCUT2D eigenvalue weighted by Gasteiger charge is 2.24. The van der Waals surface area contributed by atoms with Crippen LogP contribution in [0.3, 0.4) is 0 Å². The van der Waals surface area contributed by atoms with Crippen LogP contribution in [0.15, 0.2) is 66.0 Å². The fourth-order valence-corrected chi connectivity index (χ4v) is 7.05. The Morgan fingerprint density at radius 1 is 0.979 bits per heavy atom. The van der Waals surface area contributed by atoms with Gasteiger partial charge < -0.3 is 20.1 Å². The maximum atomic E-state index is 13.5. The summed E-state index contributed by atoms with van der Waals surface area (Å²) in [6.07, 6.45) is 6.47. The van der Waals surface area contributed by atoms with Crippen LogP contribution in [0.1, 0.15) is 99.4 Å². The third-order valence-corrected chi connectivity index (χ3v) is 9.90. The number of nitrogens with zero attached hydrogens (tertiary/aromatic N) is 3. The summed E-state index contributed by atoms with van der Waals surface area (Å²) in [6.45, 7) is 13.4. The zero-order valence-electron chi connectivity index (χ0n) is 29.3. The second-order valence-electron chi connectivity index (χ2n) is 13.5. The van der Waals surface area contributed by atoms with Gasteiger partial charge in [-0.2, -0.15) is 0 Å². The molecule has 2 heterocycles. The lowest BCUT2D eigenvalue weighted by Gasteiger charge is -2.22. The SMILES string of the molecule is CCC(CC)n1c(Cc2cccs2)nc2cc(C(=O)N[C@@H](CC(C)C)C(=O)NCCCN(C)CCC(C)Cc3ccccc3)ccc21. The molecule has 0 saturated carbocycles. The predicted octanol–water partition coefficient (Wildman–Crippen LogP) is 7.90. The highest BCUT2D eigenvalue weighted by atomic mass is 32.1. The van der Waals surface area contributed by atoms with Gasteiger partial charge in [0.1, 0.15) is 11.9 Å². The van der Waals surface area contributed by atoms with Gasteiger partial charge in [-0.1, -0.05) is 71.0 Å². The molecule has 0 fully saturated rings. The fourth-order valence-electron chi connectivity index (χ4n) is 6.34. The number of hydrogen-bond acceptors (Lipinski definition) is 5. The van der Waals surface area contributed by atoms with E-state index in [9.17, 15) is 9.59 Å². The Labute approximate surface area is 286 Å². The number of aromatic nitrogens is 2. The number of thiophene rings is 1. The minimum absolute atomic E-state index is 0.122. The van der Waals surface area contributed by atoms with Crippen molar-refractivity contribution in [1.29, 1.82) is 0 Å². The molecule has 7 nitrogen and oxygen atoms in total. The van der Waals surface area contributed by atoms with Crippen LogP contribution in [0.4, 0.5) is 0 Å². The van der Waals surface area contributed by atoms with Crippen LogP contribution in [0.2, 0.25) is 0 Å². The van der Waals surface area contributed by atoms with Gasteiger partial charge in [0, 0.05) is 29.4 Å². The maximum Gasteiger partial charge on any atom is 0.252 e. The fraction of sp³-hybridized carbons (Fsp3) is 0.513. The number of hydrogen-bond donors (Lipinski definition) is 2.